The van der Waals surface area contributed by atoms with Gasteiger partial charge in [0.05, 0.1) is 48.0 Å². The molecule has 0 fully saturated rings. The van der Waals surface area contributed by atoms with E-state index in [1.807, 2.05) is 152 Å². The van der Waals surface area contributed by atoms with Gasteiger partial charge in [0.1, 0.15) is 0 Å². The average Bonchev–Trinajstić information content (AvgIpc) is 2.64. The Hall–Kier alpha value is -4.51. The van der Waals surface area contributed by atoms with Crippen LogP contribution in [-0.4, -0.2) is 48.0 Å². The molecular weight excluding hydrogens is 1270 g/mol. The first-order valence-corrected chi connectivity index (χ1v) is 37.6. The summed E-state index contributed by atoms with van der Waals surface area (Å²) in [6, 6.07) is 62.3. The summed E-state index contributed by atoms with van der Waals surface area (Å²) in [6.45, 7) is 47.2. The fourth-order valence-electron chi connectivity index (χ4n) is 11.2. The topological polar surface area (TPSA) is 102 Å². The molecule has 6 nitrogen and oxygen atoms in total. The summed E-state index contributed by atoms with van der Waals surface area (Å²) in [5.41, 5.74) is 22.5. The molecule has 0 bridgehead atoms. The van der Waals surface area contributed by atoms with E-state index in [1.165, 1.54) is 67.1 Å². The van der Waals surface area contributed by atoms with Gasteiger partial charge in [0, 0.05) is 0 Å². The van der Waals surface area contributed by atoms with Crippen molar-refractivity contribution in [3.63, 3.8) is 0 Å². The van der Waals surface area contributed by atoms with Gasteiger partial charge in [-0.15, -0.1) is 17.1 Å². The minimum Gasteiger partial charge on any atom is -0.848 e. The van der Waals surface area contributed by atoms with Crippen molar-refractivity contribution in [3.8, 4) is 0 Å². The van der Waals surface area contributed by atoms with E-state index in [2.05, 4.69) is 187 Å². The summed E-state index contributed by atoms with van der Waals surface area (Å²) >= 11 is 0. The Morgan fingerprint density at radius 2 is 0.534 bits per heavy atom. The summed E-state index contributed by atoms with van der Waals surface area (Å²) in [6.07, 6.45) is 0. The standard InChI is InChI=1S/C18H15OSi.3C15H26NP.C13H11N2.Co.Zr/c19-20(16-10-4-1-5-11-16,17-12-6-2-7-13-17)18-14-8-3-9-15-18;3*1-10(2)17(11(3)4)16-15-13(6)8-12(5)9-14(15)7;14-15-13(11-7-3-1-4-8-11)12-9-5-2-6-10-12;;/h1-15H;3*8-11,17H,1-7H3;1-10,14H;;/q-1;;;;-1;+3;+2. The third-order valence-electron chi connectivity index (χ3n) is 14.9. The van der Waals surface area contributed by atoms with E-state index in [0.29, 0.717) is 39.7 Å². The largest absolute Gasteiger partial charge is 3.00 e. The zero-order valence-electron chi connectivity index (χ0n) is 56.9. The maximum absolute atomic E-state index is 13.8. The predicted molar refractivity (Wildman–Crippen MR) is 394 cm³/mol. The van der Waals surface area contributed by atoms with Crippen molar-refractivity contribution in [2.45, 2.75) is 179 Å². The summed E-state index contributed by atoms with van der Waals surface area (Å²) in [5, 5.41) is 21.6. The number of rotatable bonds is 17. The maximum Gasteiger partial charge on any atom is 3.00 e. The second-order valence-corrected chi connectivity index (χ2v) is 38.0. The van der Waals surface area contributed by atoms with Crippen LogP contribution in [0.5, 0.6) is 0 Å². The van der Waals surface area contributed by atoms with Crippen LogP contribution in [0.25, 0.3) is 21.1 Å². The van der Waals surface area contributed by atoms with Gasteiger partial charge < -0.3 is 31.0 Å². The Labute approximate surface area is 568 Å². The quantitative estimate of drug-likeness (QED) is 0.0293. The van der Waals surface area contributed by atoms with Crippen LogP contribution in [0, 0.1) is 62.3 Å². The van der Waals surface area contributed by atoms with Crippen LogP contribution in [0.15, 0.2) is 193 Å². The van der Waals surface area contributed by atoms with E-state index in [4.69, 9.17) is 21.1 Å². The van der Waals surface area contributed by atoms with Gasteiger partial charge in [-0.1, -0.05) is 278 Å². The Morgan fingerprint density at radius 1 is 0.352 bits per heavy atom. The van der Waals surface area contributed by atoms with Crippen molar-refractivity contribution in [1.82, 2.24) is 0 Å². The van der Waals surface area contributed by atoms with Crippen molar-refractivity contribution in [3.05, 3.63) is 270 Å². The molecule has 0 aliphatic rings. The normalized spacial score (nSPS) is 10.9. The summed E-state index contributed by atoms with van der Waals surface area (Å²) in [7, 11) is -5.12. The van der Waals surface area contributed by atoms with Crippen LogP contribution < -0.4 is 20.4 Å². The van der Waals surface area contributed by atoms with Crippen LogP contribution in [0.1, 0.15) is 144 Å². The Balaban J connectivity index is 0.000000374. The molecule has 12 heteroatoms. The van der Waals surface area contributed by atoms with Crippen LogP contribution in [0.2, 0.25) is 0 Å². The molecule has 0 aliphatic heterocycles. The number of benzene rings is 8. The van der Waals surface area contributed by atoms with Gasteiger partial charge in [-0.05, 0) is 157 Å². The maximum atomic E-state index is 13.8. The van der Waals surface area contributed by atoms with Crippen molar-refractivity contribution in [2.24, 2.45) is 5.10 Å². The van der Waals surface area contributed by atoms with Crippen molar-refractivity contribution in [1.29, 1.82) is 0 Å². The molecular formula is C76H104CoN5OP3SiZr+3. The van der Waals surface area contributed by atoms with E-state index in [0.717, 1.165) is 26.7 Å². The third-order valence-corrected chi connectivity index (χ3v) is 26.9. The number of aryl methyl sites for hydroxylation is 9. The van der Waals surface area contributed by atoms with Crippen molar-refractivity contribution in [2.75, 3.05) is 0 Å². The van der Waals surface area contributed by atoms with E-state index in [-0.39, 0.29) is 43.0 Å². The molecule has 468 valence electrons. The SMILES string of the molecule is Cc1cc(C)c([N-][PH+](C(C)C)C(C)C)c(C)c1.Cc1cc(C)c([N-][PH+](C(C)C)C(C)C)c(C)c1.Cc1cc(C)c([N-][PH+](C(C)C)C(C)C)c(C)c1.[Co+3].[NH-]N=C(c1ccccc1)c1ccccc1.[O-][Si](c1ccccc1)(c1ccccc1)c1ccccc1.[Zr+2]. The van der Waals surface area contributed by atoms with Gasteiger partial charge in [-0.2, -0.15) is 0 Å². The fraction of sp³-hybridized carbons (Fsp3) is 0.355. The minimum absolute atomic E-state index is 0. The van der Waals surface area contributed by atoms with Crippen molar-refractivity contribution >= 4 is 70.9 Å². The van der Waals surface area contributed by atoms with Gasteiger partial charge in [0.15, 0.2) is 0 Å². The van der Waals surface area contributed by atoms with Crippen LogP contribution in [0.4, 0.5) is 17.1 Å². The smallest absolute Gasteiger partial charge is 0.848 e. The molecule has 0 heterocycles. The Kier molecular flexibility index (Phi) is 35.9. The summed E-state index contributed by atoms with van der Waals surface area (Å²) < 4.78 is 0. The molecule has 8 aromatic carbocycles. The van der Waals surface area contributed by atoms with Crippen LogP contribution in [0.3, 0.4) is 0 Å². The van der Waals surface area contributed by atoms with E-state index >= 15 is 0 Å². The molecule has 0 unspecified atom stereocenters. The van der Waals surface area contributed by atoms with Crippen LogP contribution >= 0.6 is 24.2 Å². The molecule has 0 spiro atoms. The molecule has 0 amide bonds. The number of nitrogens with one attached hydrogen (secondary N) is 1. The zero-order valence-corrected chi connectivity index (χ0v) is 64.4. The van der Waals surface area contributed by atoms with Gasteiger partial charge >= 0.3 is 43.0 Å². The molecule has 0 atom stereocenters. The second kappa shape index (κ2) is 39.7. The molecule has 0 aromatic heterocycles. The van der Waals surface area contributed by atoms with Gasteiger partial charge in [0.2, 0.25) is 0 Å². The monoisotopic (exact) mass is 1370 g/mol. The zero-order chi connectivity index (χ0) is 63.8. The molecule has 88 heavy (non-hydrogen) atoms. The number of hydrogen-bond acceptors (Lipinski definition) is 2. The number of nitrogens with zero attached hydrogens (tertiary/aromatic N) is 4. The van der Waals surface area contributed by atoms with Gasteiger partial charge in [-0.3, -0.25) is 0 Å². The second-order valence-electron chi connectivity index (χ2n) is 24.8. The van der Waals surface area contributed by atoms with E-state index in [1.54, 1.807) is 0 Å². The first kappa shape index (κ1) is 79.6. The molecule has 8 aromatic rings. The van der Waals surface area contributed by atoms with Gasteiger partial charge in [0.25, 0.3) is 0 Å². The minimum atomic E-state index is -3.13. The fourth-order valence-corrected chi connectivity index (χ4v) is 21.6. The van der Waals surface area contributed by atoms with E-state index in [9.17, 15) is 4.80 Å². The molecule has 0 saturated carbocycles. The molecule has 0 aliphatic carbocycles. The van der Waals surface area contributed by atoms with Crippen molar-refractivity contribution < 1.29 is 47.8 Å². The first-order valence-electron chi connectivity index (χ1n) is 30.9. The Bertz CT molecular complexity index is 2890. The predicted octanol–water partition coefficient (Wildman–Crippen LogP) is 21.2. The molecule has 0 saturated heterocycles. The number of hydrogen-bond donors (Lipinski definition) is 0. The van der Waals surface area contributed by atoms with E-state index < -0.39 is 32.5 Å². The van der Waals surface area contributed by atoms with Crippen LogP contribution in [-0.2, 0) is 43.0 Å². The summed E-state index contributed by atoms with van der Waals surface area (Å²) in [5.74, 6) is 7.22. The summed E-state index contributed by atoms with van der Waals surface area (Å²) in [4.78, 5) is 13.8. The average molecular weight is 1370 g/mol. The first-order chi connectivity index (χ1) is 40.7. The third kappa shape index (κ3) is 24.3. The molecule has 8 rings (SSSR count). The van der Waals surface area contributed by atoms with Gasteiger partial charge in [-0.25, -0.2) is 0 Å². The Morgan fingerprint density at radius 3 is 0.705 bits per heavy atom. The molecule has 1 N–H and O–H groups in total. The molecule has 0 radical (unpaired) electrons.